The normalized spacial score (nSPS) is 10.0. The lowest BCUT2D eigenvalue weighted by Crippen LogP contribution is -2.25. The van der Waals surface area contributed by atoms with Gasteiger partial charge in [-0.25, -0.2) is 4.79 Å². The number of amides is 1. The van der Waals surface area contributed by atoms with Gasteiger partial charge in [-0.2, -0.15) is 0 Å². The van der Waals surface area contributed by atoms with Gasteiger partial charge < -0.3 is 14.5 Å². The minimum atomic E-state index is -0.360. The second-order valence-corrected chi connectivity index (χ2v) is 4.56. The van der Waals surface area contributed by atoms with Gasteiger partial charge in [0.25, 0.3) is 0 Å². The molecule has 1 rings (SSSR count). The summed E-state index contributed by atoms with van der Waals surface area (Å²) in [7, 11) is 7.33. The zero-order chi connectivity index (χ0) is 13.2. The van der Waals surface area contributed by atoms with Crippen LogP contribution in [-0.4, -0.2) is 39.2 Å². The summed E-state index contributed by atoms with van der Waals surface area (Å²) < 4.78 is 5.24. The number of rotatable bonds is 2. The van der Waals surface area contributed by atoms with E-state index in [9.17, 15) is 4.79 Å². The topological polar surface area (TPSA) is 32.8 Å². The molecule has 4 nitrogen and oxygen atoms in total. The predicted molar refractivity (Wildman–Crippen MR) is 70.0 cm³/mol. The Morgan fingerprint density at radius 3 is 1.88 bits per heavy atom. The summed E-state index contributed by atoms with van der Waals surface area (Å²) in [4.78, 5) is 14.9. The van der Waals surface area contributed by atoms with Gasteiger partial charge in [-0.15, -0.1) is 0 Å². The molecule has 94 valence electrons. The molecule has 1 amide bonds. The Morgan fingerprint density at radius 2 is 1.53 bits per heavy atom. The van der Waals surface area contributed by atoms with Crippen LogP contribution in [0.25, 0.3) is 0 Å². The van der Waals surface area contributed by atoms with Crippen LogP contribution < -0.4 is 9.64 Å². The standard InChI is InChI=1S/C13H20N2O2/c1-9-7-11(17-13(16)15(5)6)8-10(2)12(9)14(3)4/h7-8H,1-6H3. The quantitative estimate of drug-likeness (QED) is 0.790. The van der Waals surface area contributed by atoms with Gasteiger partial charge in [-0.3, -0.25) is 0 Å². The number of carbonyl (C=O) groups is 1. The molecule has 0 aliphatic rings. The van der Waals surface area contributed by atoms with Crippen molar-refractivity contribution in [3.05, 3.63) is 23.3 Å². The van der Waals surface area contributed by atoms with E-state index in [2.05, 4.69) is 4.90 Å². The maximum Gasteiger partial charge on any atom is 0.414 e. The fourth-order valence-electron chi connectivity index (χ4n) is 1.87. The summed E-state index contributed by atoms with van der Waals surface area (Å²) in [5.41, 5.74) is 3.35. The predicted octanol–water partition coefficient (Wildman–Crippen LogP) is 2.43. The van der Waals surface area contributed by atoms with Gasteiger partial charge in [0.1, 0.15) is 5.75 Å². The molecule has 0 unspecified atom stereocenters. The van der Waals surface area contributed by atoms with Crippen LogP contribution in [0, 0.1) is 13.8 Å². The Hall–Kier alpha value is -1.71. The van der Waals surface area contributed by atoms with E-state index in [1.807, 2.05) is 40.1 Å². The average Bonchev–Trinajstić information content (AvgIpc) is 2.15. The van der Waals surface area contributed by atoms with E-state index in [1.165, 1.54) is 4.90 Å². The molecule has 0 aliphatic heterocycles. The minimum Gasteiger partial charge on any atom is -0.410 e. The average molecular weight is 236 g/mol. The number of carbonyl (C=O) groups excluding carboxylic acids is 1. The Bertz CT molecular complexity index is 402. The highest BCUT2D eigenvalue weighted by atomic mass is 16.6. The highest BCUT2D eigenvalue weighted by Crippen LogP contribution is 2.28. The highest BCUT2D eigenvalue weighted by Gasteiger charge is 2.11. The molecular weight excluding hydrogens is 216 g/mol. The van der Waals surface area contributed by atoms with Gasteiger partial charge in [-0.1, -0.05) is 0 Å². The SMILES string of the molecule is Cc1cc(OC(=O)N(C)C)cc(C)c1N(C)C. The number of hydrogen-bond donors (Lipinski definition) is 0. The van der Waals surface area contributed by atoms with Crippen molar-refractivity contribution in [2.75, 3.05) is 33.1 Å². The lowest BCUT2D eigenvalue weighted by atomic mass is 10.1. The summed E-state index contributed by atoms with van der Waals surface area (Å²) >= 11 is 0. The van der Waals surface area contributed by atoms with Crippen molar-refractivity contribution in [2.24, 2.45) is 0 Å². The first kappa shape index (κ1) is 13.4. The largest absolute Gasteiger partial charge is 0.414 e. The molecule has 0 heterocycles. The summed E-state index contributed by atoms with van der Waals surface area (Å²) in [5, 5.41) is 0. The van der Waals surface area contributed by atoms with Crippen LogP contribution in [0.2, 0.25) is 0 Å². The monoisotopic (exact) mass is 236 g/mol. The van der Waals surface area contributed by atoms with E-state index in [4.69, 9.17) is 4.74 Å². The fraction of sp³-hybridized carbons (Fsp3) is 0.462. The van der Waals surface area contributed by atoms with Crippen molar-refractivity contribution in [2.45, 2.75) is 13.8 Å². The first-order valence-electron chi connectivity index (χ1n) is 5.50. The van der Waals surface area contributed by atoms with Gasteiger partial charge in [0, 0.05) is 33.9 Å². The van der Waals surface area contributed by atoms with Gasteiger partial charge in [0.2, 0.25) is 0 Å². The van der Waals surface area contributed by atoms with Crippen LogP contribution in [-0.2, 0) is 0 Å². The van der Waals surface area contributed by atoms with E-state index in [-0.39, 0.29) is 6.09 Å². The number of nitrogens with zero attached hydrogens (tertiary/aromatic N) is 2. The first-order valence-corrected chi connectivity index (χ1v) is 5.50. The van der Waals surface area contributed by atoms with Crippen molar-refractivity contribution in [1.29, 1.82) is 0 Å². The molecule has 0 saturated heterocycles. The molecule has 0 bridgehead atoms. The van der Waals surface area contributed by atoms with Crippen molar-refractivity contribution in [3.63, 3.8) is 0 Å². The zero-order valence-corrected chi connectivity index (χ0v) is 11.4. The number of hydrogen-bond acceptors (Lipinski definition) is 3. The van der Waals surface area contributed by atoms with Crippen molar-refractivity contribution in [3.8, 4) is 5.75 Å². The van der Waals surface area contributed by atoms with E-state index in [1.54, 1.807) is 14.1 Å². The third-order valence-electron chi connectivity index (χ3n) is 2.48. The lowest BCUT2D eigenvalue weighted by Gasteiger charge is -2.20. The van der Waals surface area contributed by atoms with Gasteiger partial charge in [0.05, 0.1) is 0 Å². The van der Waals surface area contributed by atoms with Crippen molar-refractivity contribution < 1.29 is 9.53 Å². The number of benzene rings is 1. The molecule has 0 aromatic heterocycles. The Kier molecular flexibility index (Phi) is 3.99. The minimum absolute atomic E-state index is 0.360. The molecular formula is C13H20N2O2. The number of aryl methyl sites for hydroxylation is 2. The van der Waals surface area contributed by atoms with Crippen LogP contribution in [0.3, 0.4) is 0 Å². The van der Waals surface area contributed by atoms with Crippen LogP contribution in [0.5, 0.6) is 5.75 Å². The summed E-state index contributed by atoms with van der Waals surface area (Å²) in [5.74, 6) is 0.587. The second-order valence-electron chi connectivity index (χ2n) is 4.56. The van der Waals surface area contributed by atoms with Crippen LogP contribution in [0.15, 0.2) is 12.1 Å². The molecule has 0 aliphatic carbocycles. The molecule has 4 heteroatoms. The Labute approximate surface area is 103 Å². The maximum atomic E-state index is 11.4. The molecule has 0 saturated carbocycles. The maximum absolute atomic E-state index is 11.4. The highest BCUT2D eigenvalue weighted by molar-refractivity contribution is 5.71. The third-order valence-corrected chi connectivity index (χ3v) is 2.48. The molecule has 0 atom stereocenters. The van der Waals surface area contributed by atoms with E-state index in [0.717, 1.165) is 16.8 Å². The molecule has 0 radical (unpaired) electrons. The summed E-state index contributed by atoms with van der Waals surface area (Å²) in [6.45, 7) is 4.02. The van der Waals surface area contributed by atoms with E-state index in [0.29, 0.717) is 5.75 Å². The molecule has 0 spiro atoms. The first-order chi connectivity index (χ1) is 7.82. The van der Waals surface area contributed by atoms with Crippen molar-refractivity contribution >= 4 is 11.8 Å². The Balaban J connectivity index is 3.03. The number of ether oxygens (including phenoxy) is 1. The number of anilines is 1. The van der Waals surface area contributed by atoms with Crippen LogP contribution in [0.1, 0.15) is 11.1 Å². The Morgan fingerprint density at radius 1 is 1.06 bits per heavy atom. The summed E-state index contributed by atoms with van der Waals surface area (Å²) in [6, 6.07) is 3.76. The van der Waals surface area contributed by atoms with E-state index < -0.39 is 0 Å². The second kappa shape index (κ2) is 5.08. The van der Waals surface area contributed by atoms with Crippen LogP contribution in [0.4, 0.5) is 10.5 Å². The van der Waals surface area contributed by atoms with Crippen LogP contribution >= 0.6 is 0 Å². The lowest BCUT2D eigenvalue weighted by molar-refractivity contribution is 0.172. The third kappa shape index (κ3) is 3.12. The molecule has 0 fully saturated rings. The molecule has 1 aromatic rings. The van der Waals surface area contributed by atoms with Gasteiger partial charge in [0.15, 0.2) is 0 Å². The van der Waals surface area contributed by atoms with Crippen molar-refractivity contribution in [1.82, 2.24) is 4.90 Å². The summed E-state index contributed by atoms with van der Waals surface area (Å²) in [6.07, 6.45) is -0.360. The smallest absolute Gasteiger partial charge is 0.410 e. The van der Waals surface area contributed by atoms with Gasteiger partial charge >= 0.3 is 6.09 Å². The van der Waals surface area contributed by atoms with Gasteiger partial charge in [-0.05, 0) is 37.1 Å². The molecule has 17 heavy (non-hydrogen) atoms. The zero-order valence-electron chi connectivity index (χ0n) is 11.4. The van der Waals surface area contributed by atoms with E-state index >= 15 is 0 Å². The molecule has 0 N–H and O–H groups in total. The fourth-order valence-corrected chi connectivity index (χ4v) is 1.87. The molecule has 1 aromatic carbocycles.